The van der Waals surface area contributed by atoms with Crippen LogP contribution in [0.15, 0.2) is 53.0 Å². The molecule has 0 unspecified atom stereocenters. The topological polar surface area (TPSA) is 70.2 Å². The smallest absolute Gasteiger partial charge is 0.251 e. The van der Waals surface area contributed by atoms with Crippen molar-refractivity contribution < 1.29 is 4.79 Å². The molecule has 0 spiro atoms. The average molecular weight is 496 g/mol. The van der Waals surface area contributed by atoms with Gasteiger partial charge < -0.3 is 15.5 Å². The third kappa shape index (κ3) is 5.57. The van der Waals surface area contributed by atoms with Crippen LogP contribution < -0.4 is 15.5 Å². The standard InChI is InChI=1S/C25H30BrN5O/c1-31(2)23-21-8-3-4-9-22(21)29-25(30-23)28-16-18-12-10-17(11-13-18)15-27-24(32)19-6-5-7-20(26)14-19/h3-9,14,17-18H,10-13,15-16H2,1-2H3,(H,27,32)(H,28,29,30). The summed E-state index contributed by atoms with van der Waals surface area (Å²) < 4.78 is 0.922. The summed E-state index contributed by atoms with van der Waals surface area (Å²) in [4.78, 5) is 23.8. The first-order valence-electron chi connectivity index (χ1n) is 11.2. The zero-order valence-corrected chi connectivity index (χ0v) is 20.2. The fourth-order valence-electron chi connectivity index (χ4n) is 4.32. The van der Waals surface area contributed by atoms with Gasteiger partial charge in [0.1, 0.15) is 5.82 Å². The van der Waals surface area contributed by atoms with Crippen LogP contribution in [0.1, 0.15) is 36.0 Å². The number of hydrogen-bond donors (Lipinski definition) is 2. The Bertz CT molecular complexity index is 1080. The average Bonchev–Trinajstić information content (AvgIpc) is 2.81. The second kappa shape index (κ2) is 10.3. The highest BCUT2D eigenvalue weighted by molar-refractivity contribution is 9.10. The second-order valence-corrected chi connectivity index (χ2v) is 9.69. The predicted octanol–water partition coefficient (Wildman–Crippen LogP) is 5.11. The SMILES string of the molecule is CN(C)c1nc(NCC2CCC(CNC(=O)c3cccc(Br)c3)CC2)nc2ccccc12. The molecule has 32 heavy (non-hydrogen) atoms. The van der Waals surface area contributed by atoms with E-state index < -0.39 is 0 Å². The molecule has 168 valence electrons. The van der Waals surface area contributed by atoms with Crippen molar-refractivity contribution in [1.29, 1.82) is 0 Å². The molecule has 1 heterocycles. The molecule has 1 amide bonds. The molecule has 0 saturated heterocycles. The van der Waals surface area contributed by atoms with Gasteiger partial charge in [-0.15, -0.1) is 0 Å². The Balaban J connectivity index is 1.26. The lowest BCUT2D eigenvalue weighted by Gasteiger charge is -2.29. The van der Waals surface area contributed by atoms with Gasteiger partial charge in [0.2, 0.25) is 5.95 Å². The molecule has 6 nitrogen and oxygen atoms in total. The first-order chi connectivity index (χ1) is 15.5. The van der Waals surface area contributed by atoms with Crippen molar-refractivity contribution in [3.05, 3.63) is 58.6 Å². The summed E-state index contributed by atoms with van der Waals surface area (Å²) in [6, 6.07) is 15.6. The number of halogens is 1. The zero-order valence-electron chi connectivity index (χ0n) is 18.6. The number of para-hydroxylation sites is 1. The van der Waals surface area contributed by atoms with E-state index in [4.69, 9.17) is 9.97 Å². The van der Waals surface area contributed by atoms with E-state index in [-0.39, 0.29) is 5.91 Å². The number of anilines is 2. The van der Waals surface area contributed by atoms with Crippen LogP contribution in [0.5, 0.6) is 0 Å². The molecule has 2 aromatic carbocycles. The van der Waals surface area contributed by atoms with E-state index in [9.17, 15) is 4.79 Å². The fourth-order valence-corrected chi connectivity index (χ4v) is 4.72. The van der Waals surface area contributed by atoms with Gasteiger partial charge in [0.15, 0.2) is 0 Å². The normalized spacial score (nSPS) is 18.3. The Kier molecular flexibility index (Phi) is 7.25. The minimum absolute atomic E-state index is 0.000222. The van der Waals surface area contributed by atoms with Gasteiger partial charge in [-0.25, -0.2) is 4.98 Å². The summed E-state index contributed by atoms with van der Waals surface area (Å²) >= 11 is 3.42. The van der Waals surface area contributed by atoms with E-state index in [2.05, 4.69) is 32.6 Å². The number of hydrogen-bond acceptors (Lipinski definition) is 5. The van der Waals surface area contributed by atoms with Crippen LogP contribution in [0.25, 0.3) is 10.9 Å². The van der Waals surface area contributed by atoms with Crippen LogP contribution >= 0.6 is 15.9 Å². The van der Waals surface area contributed by atoms with Gasteiger partial charge in [0.05, 0.1) is 5.52 Å². The van der Waals surface area contributed by atoms with Crippen molar-refractivity contribution in [1.82, 2.24) is 15.3 Å². The number of rotatable bonds is 7. The van der Waals surface area contributed by atoms with E-state index in [0.717, 1.165) is 60.0 Å². The van der Waals surface area contributed by atoms with Crippen LogP contribution in [-0.4, -0.2) is 43.1 Å². The molecule has 1 aliphatic rings. The maximum absolute atomic E-state index is 12.4. The number of amides is 1. The van der Waals surface area contributed by atoms with Crippen LogP contribution in [0, 0.1) is 11.8 Å². The maximum Gasteiger partial charge on any atom is 0.251 e. The molecule has 0 radical (unpaired) electrons. The molecule has 0 bridgehead atoms. The number of aromatic nitrogens is 2. The molecule has 1 aromatic heterocycles. The molecule has 7 heteroatoms. The predicted molar refractivity (Wildman–Crippen MR) is 134 cm³/mol. The van der Waals surface area contributed by atoms with Crippen LogP contribution in [0.2, 0.25) is 0 Å². The Morgan fingerprint density at radius 1 is 1.00 bits per heavy atom. The highest BCUT2D eigenvalue weighted by atomic mass is 79.9. The van der Waals surface area contributed by atoms with Crippen LogP contribution in [-0.2, 0) is 0 Å². The quantitative estimate of drug-likeness (QED) is 0.476. The Hall–Kier alpha value is -2.67. The number of nitrogens with one attached hydrogen (secondary N) is 2. The summed E-state index contributed by atoms with van der Waals surface area (Å²) in [5.74, 6) is 2.77. The van der Waals surface area contributed by atoms with E-state index in [1.165, 1.54) is 0 Å². The molecule has 4 rings (SSSR count). The second-order valence-electron chi connectivity index (χ2n) is 8.77. The number of carbonyl (C=O) groups is 1. The molecule has 0 aliphatic heterocycles. The van der Waals surface area contributed by atoms with Crippen LogP contribution in [0.4, 0.5) is 11.8 Å². The van der Waals surface area contributed by atoms with Gasteiger partial charge >= 0.3 is 0 Å². The molecule has 1 saturated carbocycles. The lowest BCUT2D eigenvalue weighted by atomic mass is 9.82. The van der Waals surface area contributed by atoms with E-state index in [0.29, 0.717) is 23.3 Å². The lowest BCUT2D eigenvalue weighted by Crippen LogP contribution is -2.32. The summed E-state index contributed by atoms with van der Waals surface area (Å²) in [6.07, 6.45) is 4.57. The largest absolute Gasteiger partial charge is 0.362 e. The van der Waals surface area contributed by atoms with Gasteiger partial charge in [-0.3, -0.25) is 4.79 Å². The number of fused-ring (bicyclic) bond motifs is 1. The van der Waals surface area contributed by atoms with Gasteiger partial charge in [-0.05, 0) is 67.9 Å². The minimum Gasteiger partial charge on any atom is -0.362 e. The number of benzene rings is 2. The van der Waals surface area contributed by atoms with Crippen molar-refractivity contribution in [3.63, 3.8) is 0 Å². The van der Waals surface area contributed by atoms with Crippen molar-refractivity contribution in [2.75, 3.05) is 37.4 Å². The summed E-state index contributed by atoms with van der Waals surface area (Å²) in [7, 11) is 4.02. The number of nitrogens with zero attached hydrogens (tertiary/aromatic N) is 3. The molecule has 0 atom stereocenters. The minimum atomic E-state index is 0.000222. The third-order valence-corrected chi connectivity index (χ3v) is 6.65. The Morgan fingerprint density at radius 3 is 2.44 bits per heavy atom. The summed E-state index contributed by atoms with van der Waals surface area (Å²) in [5.41, 5.74) is 1.66. The molecule has 3 aromatic rings. The van der Waals surface area contributed by atoms with Gasteiger partial charge in [-0.1, -0.05) is 34.1 Å². The molecule has 1 aliphatic carbocycles. The lowest BCUT2D eigenvalue weighted by molar-refractivity contribution is 0.0941. The van der Waals surface area contributed by atoms with E-state index in [1.807, 2.05) is 61.5 Å². The highest BCUT2D eigenvalue weighted by Gasteiger charge is 2.22. The number of carbonyl (C=O) groups excluding carboxylic acids is 1. The highest BCUT2D eigenvalue weighted by Crippen LogP contribution is 2.29. The molecule has 2 N–H and O–H groups in total. The van der Waals surface area contributed by atoms with Crippen molar-refractivity contribution in [2.45, 2.75) is 25.7 Å². The summed E-state index contributed by atoms with van der Waals surface area (Å²) in [5, 5.41) is 7.64. The van der Waals surface area contributed by atoms with Gasteiger partial charge in [0, 0.05) is 42.6 Å². The van der Waals surface area contributed by atoms with E-state index >= 15 is 0 Å². The Morgan fingerprint density at radius 2 is 1.72 bits per heavy atom. The molecular weight excluding hydrogens is 466 g/mol. The maximum atomic E-state index is 12.4. The third-order valence-electron chi connectivity index (χ3n) is 6.16. The zero-order chi connectivity index (χ0) is 22.5. The molecular formula is C25H30BrN5O. The first-order valence-corrected chi connectivity index (χ1v) is 12.0. The monoisotopic (exact) mass is 495 g/mol. The van der Waals surface area contributed by atoms with Gasteiger partial charge in [0.25, 0.3) is 5.91 Å². The van der Waals surface area contributed by atoms with Crippen molar-refractivity contribution >= 4 is 44.5 Å². The Labute approximate surface area is 198 Å². The van der Waals surface area contributed by atoms with Crippen LogP contribution in [0.3, 0.4) is 0 Å². The fraction of sp³-hybridized carbons (Fsp3) is 0.400. The van der Waals surface area contributed by atoms with Crippen molar-refractivity contribution in [2.24, 2.45) is 11.8 Å². The molecule has 1 fully saturated rings. The van der Waals surface area contributed by atoms with Gasteiger partial charge in [-0.2, -0.15) is 4.98 Å². The summed E-state index contributed by atoms with van der Waals surface area (Å²) in [6.45, 7) is 1.62. The first kappa shape index (κ1) is 22.5. The van der Waals surface area contributed by atoms with Crippen molar-refractivity contribution in [3.8, 4) is 0 Å². The van der Waals surface area contributed by atoms with E-state index in [1.54, 1.807) is 0 Å².